The molecule has 0 atom stereocenters. The zero-order chi connectivity index (χ0) is 29.4. The topological polar surface area (TPSA) is 132 Å². The lowest BCUT2D eigenvalue weighted by atomic mass is 9.84. The molecule has 1 aliphatic carbocycles. The molecule has 0 unspecified atom stereocenters. The number of hydrogen-bond acceptors (Lipinski definition) is 7. The summed E-state index contributed by atoms with van der Waals surface area (Å²) >= 11 is 0. The Hall–Kier alpha value is -3.50. The van der Waals surface area contributed by atoms with Gasteiger partial charge in [0.1, 0.15) is 5.84 Å². The molecule has 0 bridgehead atoms. The van der Waals surface area contributed by atoms with Gasteiger partial charge >= 0.3 is 0 Å². The number of rotatable bonds is 11. The number of amidine groups is 1. The van der Waals surface area contributed by atoms with E-state index in [0.29, 0.717) is 25.0 Å². The third kappa shape index (κ3) is 5.30. The van der Waals surface area contributed by atoms with E-state index in [1.807, 2.05) is 20.8 Å². The van der Waals surface area contributed by atoms with Gasteiger partial charge in [-0.1, -0.05) is 20.8 Å². The van der Waals surface area contributed by atoms with Crippen LogP contribution in [0, 0.1) is 11.2 Å². The molecule has 4 rings (SSSR count). The van der Waals surface area contributed by atoms with Crippen molar-refractivity contribution in [1.29, 1.82) is 5.41 Å². The summed E-state index contributed by atoms with van der Waals surface area (Å²) in [6.45, 7) is 8.94. The van der Waals surface area contributed by atoms with Crippen LogP contribution < -0.4 is 14.8 Å². The molecule has 40 heavy (non-hydrogen) atoms. The average Bonchev–Trinajstić information content (AvgIpc) is 3.68. The molecular formula is C30H38FN3O6. The van der Waals surface area contributed by atoms with Crippen molar-refractivity contribution >= 4 is 17.5 Å². The van der Waals surface area contributed by atoms with Crippen LogP contribution in [0.15, 0.2) is 24.3 Å². The van der Waals surface area contributed by atoms with Gasteiger partial charge in [-0.3, -0.25) is 15.0 Å². The summed E-state index contributed by atoms with van der Waals surface area (Å²) in [5.74, 6) is -1.34. The number of nitrogens with zero attached hydrogens (tertiary/aromatic N) is 1. The predicted octanol–water partition coefficient (Wildman–Crippen LogP) is 3.52. The summed E-state index contributed by atoms with van der Waals surface area (Å²) in [6.07, 6.45) is 1.32. The quantitative estimate of drug-likeness (QED) is 0.312. The number of aliphatic hydroxyl groups is 2. The molecule has 10 heteroatoms. The minimum Gasteiger partial charge on any atom is -0.490 e. The number of hydrogen-bond donors (Lipinski definition) is 4. The zero-order valence-electron chi connectivity index (χ0n) is 23.7. The molecule has 0 saturated heterocycles. The Morgan fingerprint density at radius 1 is 1.07 bits per heavy atom. The highest BCUT2D eigenvalue weighted by Gasteiger charge is 2.58. The van der Waals surface area contributed by atoms with Gasteiger partial charge < -0.3 is 29.9 Å². The number of aliphatic hydroxyl groups excluding tert-OH is 2. The van der Waals surface area contributed by atoms with Crippen LogP contribution in [0.5, 0.6) is 11.5 Å². The highest BCUT2D eigenvalue weighted by atomic mass is 19.1. The summed E-state index contributed by atoms with van der Waals surface area (Å²) < 4.78 is 27.0. The average molecular weight is 556 g/mol. The van der Waals surface area contributed by atoms with E-state index in [4.69, 9.17) is 14.9 Å². The normalized spacial score (nSPS) is 15.4. The van der Waals surface area contributed by atoms with Gasteiger partial charge in [0.05, 0.1) is 50.1 Å². The van der Waals surface area contributed by atoms with E-state index in [-0.39, 0.29) is 58.4 Å². The fourth-order valence-corrected chi connectivity index (χ4v) is 5.14. The third-order valence-electron chi connectivity index (χ3n) is 7.49. The maximum Gasteiger partial charge on any atom is 0.251 e. The Kier molecular flexibility index (Phi) is 8.23. The third-order valence-corrected chi connectivity index (χ3v) is 7.49. The highest BCUT2D eigenvalue weighted by Crippen LogP contribution is 2.58. The number of ketones is 1. The van der Waals surface area contributed by atoms with E-state index in [0.717, 1.165) is 5.56 Å². The molecule has 1 heterocycles. The Balaban J connectivity index is 1.69. The van der Waals surface area contributed by atoms with Crippen LogP contribution in [0.4, 0.5) is 4.39 Å². The van der Waals surface area contributed by atoms with Crippen molar-refractivity contribution in [3.8, 4) is 11.5 Å². The molecule has 2 aromatic carbocycles. The van der Waals surface area contributed by atoms with E-state index >= 15 is 4.39 Å². The summed E-state index contributed by atoms with van der Waals surface area (Å²) in [4.78, 5) is 28.3. The zero-order valence-corrected chi connectivity index (χ0v) is 23.7. The van der Waals surface area contributed by atoms with Crippen LogP contribution in [-0.2, 0) is 11.0 Å². The number of carbonyl (C=O) groups is 2. The van der Waals surface area contributed by atoms with Crippen molar-refractivity contribution in [2.24, 2.45) is 0 Å². The lowest BCUT2D eigenvalue weighted by molar-refractivity contribution is 0.0879. The standard InChI is InChI=1S/C30H38FN3O6/c1-6-39-23-13-21-24(25(31)26(23)40-7-2)27(32)34(30(21)8-9-30)14-22(37)17-10-18(12-19(11-17)29(3,4)5)28(38)33-20(15-35)16-36/h10-13,20,32,35-36H,6-9,14-16H2,1-5H3,(H,33,38). The monoisotopic (exact) mass is 555 g/mol. The van der Waals surface area contributed by atoms with Crippen LogP contribution in [0.2, 0.25) is 0 Å². The number of halogens is 1. The SMILES string of the molecule is CCOc1cc2c(c(F)c1OCC)C(=N)N(CC(=O)c1cc(C(=O)NC(CO)CO)cc(C(C)(C)C)c1)C21CC1. The van der Waals surface area contributed by atoms with Gasteiger partial charge in [-0.25, -0.2) is 4.39 Å². The fourth-order valence-electron chi connectivity index (χ4n) is 5.14. The Bertz CT molecular complexity index is 1330. The summed E-state index contributed by atoms with van der Waals surface area (Å²) in [5.41, 5.74) is 0.947. The van der Waals surface area contributed by atoms with Crippen molar-refractivity contribution < 1.29 is 33.7 Å². The van der Waals surface area contributed by atoms with E-state index in [2.05, 4.69) is 5.32 Å². The predicted molar refractivity (Wildman–Crippen MR) is 148 cm³/mol. The van der Waals surface area contributed by atoms with Crippen LogP contribution in [0.25, 0.3) is 0 Å². The molecule has 2 aromatic rings. The van der Waals surface area contributed by atoms with Gasteiger partial charge in [-0.15, -0.1) is 0 Å². The number of ether oxygens (including phenoxy) is 2. The molecule has 1 fully saturated rings. The molecule has 1 saturated carbocycles. The Labute approximate surface area is 233 Å². The molecule has 0 radical (unpaired) electrons. The van der Waals surface area contributed by atoms with Gasteiger partial charge in [0.2, 0.25) is 0 Å². The number of carbonyl (C=O) groups excluding carboxylic acids is 2. The maximum atomic E-state index is 15.8. The Morgan fingerprint density at radius 3 is 2.25 bits per heavy atom. The first kappa shape index (κ1) is 29.5. The van der Waals surface area contributed by atoms with Crippen LogP contribution in [0.3, 0.4) is 0 Å². The van der Waals surface area contributed by atoms with E-state index in [1.165, 1.54) is 6.07 Å². The molecule has 1 amide bonds. The lowest BCUT2D eigenvalue weighted by Gasteiger charge is -2.27. The molecule has 1 spiro atoms. The summed E-state index contributed by atoms with van der Waals surface area (Å²) in [7, 11) is 0. The van der Waals surface area contributed by atoms with Gasteiger partial charge in [-0.2, -0.15) is 0 Å². The molecule has 0 aromatic heterocycles. The Morgan fingerprint density at radius 2 is 1.70 bits per heavy atom. The van der Waals surface area contributed by atoms with Crippen molar-refractivity contribution in [1.82, 2.24) is 10.2 Å². The van der Waals surface area contributed by atoms with Crippen molar-refractivity contribution in [3.63, 3.8) is 0 Å². The summed E-state index contributed by atoms with van der Waals surface area (Å²) in [5, 5.41) is 30.2. The van der Waals surface area contributed by atoms with Gasteiger partial charge in [-0.05, 0) is 67.5 Å². The van der Waals surface area contributed by atoms with Crippen LogP contribution in [-0.4, -0.2) is 71.7 Å². The van der Waals surface area contributed by atoms with Gasteiger partial charge in [0.15, 0.2) is 23.1 Å². The van der Waals surface area contributed by atoms with Crippen molar-refractivity contribution in [3.05, 3.63) is 57.9 Å². The van der Waals surface area contributed by atoms with Gasteiger partial charge in [0.25, 0.3) is 5.91 Å². The largest absolute Gasteiger partial charge is 0.490 e. The van der Waals surface area contributed by atoms with E-state index in [1.54, 1.807) is 36.9 Å². The second kappa shape index (κ2) is 11.2. The fraction of sp³-hybridized carbons (Fsp3) is 0.500. The second-order valence-electron chi connectivity index (χ2n) is 11.3. The van der Waals surface area contributed by atoms with E-state index < -0.39 is 36.5 Å². The number of Topliss-reactive ketones (excluding diaryl/α,β-unsaturated/α-hetero) is 1. The van der Waals surface area contributed by atoms with Crippen molar-refractivity contribution in [2.75, 3.05) is 33.0 Å². The first-order chi connectivity index (χ1) is 18.9. The van der Waals surface area contributed by atoms with Crippen LogP contribution >= 0.6 is 0 Å². The maximum absolute atomic E-state index is 15.8. The smallest absolute Gasteiger partial charge is 0.251 e. The molecule has 4 N–H and O–H groups in total. The minimum absolute atomic E-state index is 0.0329. The van der Waals surface area contributed by atoms with E-state index in [9.17, 15) is 19.8 Å². The number of amides is 1. The lowest BCUT2D eigenvalue weighted by Crippen LogP contribution is -2.40. The minimum atomic E-state index is -0.832. The number of fused-ring (bicyclic) bond motifs is 2. The molecular weight excluding hydrogens is 517 g/mol. The molecule has 9 nitrogen and oxygen atoms in total. The first-order valence-corrected chi connectivity index (χ1v) is 13.6. The molecule has 216 valence electrons. The number of nitrogens with one attached hydrogen (secondary N) is 2. The highest BCUT2D eigenvalue weighted by molar-refractivity contribution is 6.08. The summed E-state index contributed by atoms with van der Waals surface area (Å²) in [6, 6.07) is 5.81. The molecule has 2 aliphatic rings. The first-order valence-electron chi connectivity index (χ1n) is 13.6. The van der Waals surface area contributed by atoms with Crippen LogP contribution in [0.1, 0.15) is 84.9 Å². The van der Waals surface area contributed by atoms with Crippen molar-refractivity contribution in [2.45, 2.75) is 64.5 Å². The van der Waals surface area contributed by atoms with Gasteiger partial charge in [0, 0.05) is 11.1 Å². The molecule has 1 aliphatic heterocycles. The second-order valence-corrected chi connectivity index (χ2v) is 11.3. The number of benzene rings is 2.